The van der Waals surface area contributed by atoms with Crippen molar-refractivity contribution in [1.82, 2.24) is 4.90 Å². The van der Waals surface area contributed by atoms with Crippen molar-refractivity contribution in [2.75, 3.05) is 13.2 Å². The monoisotopic (exact) mass is 277 g/mol. The molecule has 1 aliphatic heterocycles. The molecular formula is C15H19NO2S. The molecule has 102 valence electrons. The molecule has 1 aliphatic rings. The van der Waals surface area contributed by atoms with Gasteiger partial charge < -0.3 is 15.1 Å². The molecule has 1 aromatic carbocycles. The summed E-state index contributed by atoms with van der Waals surface area (Å²) in [7, 11) is 0. The molecule has 0 aliphatic carbocycles. The van der Waals surface area contributed by atoms with Crippen LogP contribution >= 0.6 is 11.8 Å². The molecule has 0 amide bonds. The number of hydrogen-bond donors (Lipinski definition) is 2. The van der Waals surface area contributed by atoms with Crippen molar-refractivity contribution in [2.24, 2.45) is 0 Å². The number of aliphatic hydroxyl groups excluding tert-OH is 2. The zero-order valence-corrected chi connectivity index (χ0v) is 12.1. The average molecular weight is 277 g/mol. The van der Waals surface area contributed by atoms with Crippen LogP contribution in [0.5, 0.6) is 0 Å². The fraction of sp³-hybridized carbons (Fsp3) is 0.333. The molecule has 1 heterocycles. The molecule has 2 N–H and O–H groups in total. The molecule has 0 bridgehead atoms. The summed E-state index contributed by atoms with van der Waals surface area (Å²) in [6, 6.07) is 9.56. The summed E-state index contributed by atoms with van der Waals surface area (Å²) in [6.45, 7) is 5.04. The van der Waals surface area contributed by atoms with Crippen molar-refractivity contribution in [3.05, 3.63) is 51.5 Å². The molecule has 2 rings (SSSR count). The Labute approximate surface area is 118 Å². The second kappa shape index (κ2) is 6.17. The normalized spacial score (nSPS) is 18.2. The van der Waals surface area contributed by atoms with E-state index in [-0.39, 0.29) is 6.61 Å². The highest BCUT2D eigenvalue weighted by Crippen LogP contribution is 2.44. The zero-order valence-electron chi connectivity index (χ0n) is 11.3. The van der Waals surface area contributed by atoms with Gasteiger partial charge in [0.25, 0.3) is 0 Å². The number of nitrogens with zero attached hydrogens (tertiary/aromatic N) is 1. The van der Waals surface area contributed by atoms with Crippen molar-refractivity contribution in [3.8, 4) is 0 Å². The first-order chi connectivity index (χ1) is 9.19. The smallest absolute Gasteiger partial charge is 0.153 e. The number of thioether (sulfide) groups is 1. The van der Waals surface area contributed by atoms with Gasteiger partial charge >= 0.3 is 0 Å². The molecule has 0 atom stereocenters. The second-order valence-corrected chi connectivity index (χ2v) is 5.43. The first kappa shape index (κ1) is 14.0. The molecule has 1 aromatic rings. The minimum atomic E-state index is 0.136. The van der Waals surface area contributed by atoms with Crippen LogP contribution in [0.3, 0.4) is 0 Å². The fourth-order valence-corrected chi connectivity index (χ4v) is 3.43. The molecule has 4 heteroatoms. The Hall–Kier alpha value is -1.39. The molecular weight excluding hydrogens is 258 g/mol. The highest BCUT2D eigenvalue weighted by atomic mass is 32.2. The number of aliphatic hydroxyl groups is 2. The van der Waals surface area contributed by atoms with Crippen molar-refractivity contribution in [3.63, 3.8) is 0 Å². The van der Waals surface area contributed by atoms with E-state index >= 15 is 0 Å². The Morgan fingerprint density at radius 1 is 1.26 bits per heavy atom. The Morgan fingerprint density at radius 3 is 2.53 bits per heavy atom. The largest absolute Gasteiger partial charge is 0.505 e. The number of hydrogen-bond acceptors (Lipinski definition) is 4. The van der Waals surface area contributed by atoms with Gasteiger partial charge in [-0.15, -0.1) is 0 Å². The summed E-state index contributed by atoms with van der Waals surface area (Å²) in [6.07, 6.45) is 0.637. The SMILES string of the molecule is CCN1C(C)=C(CCO)S/C1=C(\O)c1ccccc1. The molecule has 0 saturated carbocycles. The van der Waals surface area contributed by atoms with Crippen LogP contribution < -0.4 is 0 Å². The maximum atomic E-state index is 10.5. The van der Waals surface area contributed by atoms with E-state index in [2.05, 4.69) is 11.8 Å². The van der Waals surface area contributed by atoms with Gasteiger partial charge in [0.2, 0.25) is 0 Å². The summed E-state index contributed by atoms with van der Waals surface area (Å²) in [5, 5.41) is 20.4. The summed E-state index contributed by atoms with van der Waals surface area (Å²) in [5.41, 5.74) is 1.94. The molecule has 0 fully saturated rings. The zero-order chi connectivity index (χ0) is 13.8. The lowest BCUT2D eigenvalue weighted by atomic mass is 10.2. The van der Waals surface area contributed by atoms with Crippen molar-refractivity contribution in [1.29, 1.82) is 0 Å². The van der Waals surface area contributed by atoms with E-state index in [1.165, 1.54) is 0 Å². The van der Waals surface area contributed by atoms with Gasteiger partial charge in [-0.05, 0) is 13.8 Å². The van der Waals surface area contributed by atoms with Gasteiger partial charge in [-0.25, -0.2) is 0 Å². The highest BCUT2D eigenvalue weighted by Gasteiger charge is 2.27. The third kappa shape index (κ3) is 2.80. The summed E-state index contributed by atoms with van der Waals surface area (Å²) in [4.78, 5) is 3.22. The van der Waals surface area contributed by atoms with Crippen molar-refractivity contribution in [2.45, 2.75) is 20.3 Å². The highest BCUT2D eigenvalue weighted by molar-refractivity contribution is 8.07. The van der Waals surface area contributed by atoms with Gasteiger partial charge in [-0.3, -0.25) is 0 Å². The van der Waals surface area contributed by atoms with Crippen LogP contribution in [0.1, 0.15) is 25.8 Å². The Kier molecular flexibility index (Phi) is 4.56. The number of allylic oxidation sites excluding steroid dienone is 1. The Morgan fingerprint density at radius 2 is 1.95 bits per heavy atom. The third-order valence-electron chi connectivity index (χ3n) is 3.18. The van der Waals surface area contributed by atoms with Crippen molar-refractivity contribution >= 4 is 17.5 Å². The van der Waals surface area contributed by atoms with Gasteiger partial charge in [-0.1, -0.05) is 42.1 Å². The van der Waals surface area contributed by atoms with Crippen LogP contribution in [0.25, 0.3) is 5.76 Å². The Balaban J connectivity index is 2.36. The number of benzene rings is 1. The standard InChI is InChI=1S/C15H19NO2S/c1-3-16-11(2)13(9-10-17)19-15(16)14(18)12-7-5-4-6-8-12/h4-8,17-18H,3,9-10H2,1-2H3/b15-14-. The first-order valence-corrected chi connectivity index (χ1v) is 7.25. The molecule has 0 spiro atoms. The van der Waals surface area contributed by atoms with E-state index in [9.17, 15) is 5.11 Å². The molecule has 0 radical (unpaired) electrons. The molecule has 0 unspecified atom stereocenters. The summed E-state index contributed by atoms with van der Waals surface area (Å²) in [5.74, 6) is 0.305. The minimum Gasteiger partial charge on any atom is -0.505 e. The van der Waals surface area contributed by atoms with Crippen LogP contribution in [0, 0.1) is 0 Å². The second-order valence-electron chi connectivity index (χ2n) is 4.35. The topological polar surface area (TPSA) is 43.7 Å². The van der Waals surface area contributed by atoms with Gasteiger partial charge in [-0.2, -0.15) is 0 Å². The molecule has 0 aromatic heterocycles. The fourth-order valence-electron chi connectivity index (χ4n) is 2.16. The van der Waals surface area contributed by atoms with Crippen LogP contribution in [-0.4, -0.2) is 28.3 Å². The van der Waals surface area contributed by atoms with Gasteiger partial charge in [0.05, 0.1) is 0 Å². The van der Waals surface area contributed by atoms with E-state index < -0.39 is 0 Å². The Bertz CT molecular complexity index is 508. The van der Waals surface area contributed by atoms with Gasteiger partial charge in [0, 0.05) is 35.7 Å². The van der Waals surface area contributed by atoms with Gasteiger partial charge in [0.15, 0.2) is 5.76 Å². The predicted octanol–water partition coefficient (Wildman–Crippen LogP) is 3.55. The van der Waals surface area contributed by atoms with E-state index in [0.717, 1.165) is 27.7 Å². The maximum absolute atomic E-state index is 10.5. The van der Waals surface area contributed by atoms with Crippen LogP contribution in [0.4, 0.5) is 0 Å². The minimum absolute atomic E-state index is 0.136. The van der Waals surface area contributed by atoms with Crippen molar-refractivity contribution < 1.29 is 10.2 Å². The number of rotatable bonds is 4. The van der Waals surface area contributed by atoms with Crippen LogP contribution in [0.2, 0.25) is 0 Å². The van der Waals surface area contributed by atoms with Gasteiger partial charge in [0.1, 0.15) is 5.03 Å². The predicted molar refractivity (Wildman–Crippen MR) is 80.4 cm³/mol. The summed E-state index contributed by atoms with van der Waals surface area (Å²) >= 11 is 1.55. The first-order valence-electron chi connectivity index (χ1n) is 6.43. The lowest BCUT2D eigenvalue weighted by Gasteiger charge is -2.20. The molecule has 3 nitrogen and oxygen atoms in total. The lowest BCUT2D eigenvalue weighted by Crippen LogP contribution is -2.16. The lowest BCUT2D eigenvalue weighted by molar-refractivity contribution is 0.300. The van der Waals surface area contributed by atoms with E-state index in [1.807, 2.05) is 37.3 Å². The van der Waals surface area contributed by atoms with E-state index in [4.69, 9.17) is 5.11 Å². The maximum Gasteiger partial charge on any atom is 0.153 e. The van der Waals surface area contributed by atoms with Crippen LogP contribution in [-0.2, 0) is 0 Å². The molecule has 19 heavy (non-hydrogen) atoms. The van der Waals surface area contributed by atoms with E-state index in [1.54, 1.807) is 11.8 Å². The van der Waals surface area contributed by atoms with Crippen LogP contribution in [0.15, 0.2) is 46.0 Å². The molecule has 0 saturated heterocycles. The van der Waals surface area contributed by atoms with E-state index in [0.29, 0.717) is 12.2 Å². The average Bonchev–Trinajstić information content (AvgIpc) is 2.76. The summed E-state index contributed by atoms with van der Waals surface area (Å²) < 4.78 is 0. The quantitative estimate of drug-likeness (QED) is 0.826. The third-order valence-corrected chi connectivity index (χ3v) is 4.53.